The first-order chi connectivity index (χ1) is 8.22. The maximum atomic E-state index is 11.3. The molecule has 0 aliphatic carbocycles. The van der Waals surface area contributed by atoms with Crippen LogP contribution in [0.25, 0.3) is 10.2 Å². The summed E-state index contributed by atoms with van der Waals surface area (Å²) in [5, 5.41) is 12.2. The van der Waals surface area contributed by atoms with Gasteiger partial charge in [-0.25, -0.2) is 4.98 Å². The lowest BCUT2D eigenvalue weighted by atomic mass is 10.3. The molecule has 2 aromatic rings. The summed E-state index contributed by atoms with van der Waals surface area (Å²) in [5.74, 6) is -0.285. The Kier molecular flexibility index (Phi) is 3.35. The maximum absolute atomic E-state index is 11.3. The lowest BCUT2D eigenvalue weighted by molar-refractivity contribution is -0.115. The number of hydrogen-bond donors (Lipinski definition) is 1. The quantitative estimate of drug-likeness (QED) is 0.904. The van der Waals surface area contributed by atoms with Gasteiger partial charge in [0.25, 0.3) is 0 Å². The van der Waals surface area contributed by atoms with Crippen LogP contribution in [-0.2, 0) is 11.2 Å². The highest BCUT2D eigenvalue weighted by molar-refractivity contribution is 7.18. The van der Waals surface area contributed by atoms with E-state index in [0.717, 1.165) is 21.6 Å². The highest BCUT2D eigenvalue weighted by Crippen LogP contribution is 2.25. The van der Waals surface area contributed by atoms with E-state index in [-0.39, 0.29) is 12.3 Å². The average Bonchev–Trinajstić information content (AvgIpc) is 2.71. The first kappa shape index (κ1) is 11.6. The van der Waals surface area contributed by atoms with Gasteiger partial charge in [0, 0.05) is 5.69 Å². The molecule has 4 nitrogen and oxygen atoms in total. The van der Waals surface area contributed by atoms with Gasteiger partial charge in [0.15, 0.2) is 0 Å². The summed E-state index contributed by atoms with van der Waals surface area (Å²) in [6.07, 6.45) is 0.788. The van der Waals surface area contributed by atoms with Gasteiger partial charge < -0.3 is 5.32 Å². The van der Waals surface area contributed by atoms with Crippen LogP contribution in [0.15, 0.2) is 18.2 Å². The summed E-state index contributed by atoms with van der Waals surface area (Å²) in [6, 6.07) is 7.39. The number of nitriles is 1. The fourth-order valence-corrected chi connectivity index (χ4v) is 2.42. The van der Waals surface area contributed by atoms with Crippen molar-refractivity contribution in [1.29, 1.82) is 5.26 Å². The zero-order valence-electron chi connectivity index (χ0n) is 9.36. The molecule has 1 aromatic carbocycles. The molecule has 17 heavy (non-hydrogen) atoms. The fourth-order valence-electron chi connectivity index (χ4n) is 1.48. The first-order valence-electron chi connectivity index (χ1n) is 5.29. The van der Waals surface area contributed by atoms with Crippen LogP contribution in [0.2, 0.25) is 0 Å². The zero-order valence-corrected chi connectivity index (χ0v) is 10.2. The molecule has 0 radical (unpaired) electrons. The molecular weight excluding hydrogens is 234 g/mol. The van der Waals surface area contributed by atoms with Crippen LogP contribution >= 0.6 is 11.3 Å². The van der Waals surface area contributed by atoms with E-state index >= 15 is 0 Å². The van der Waals surface area contributed by atoms with Crippen molar-refractivity contribution in [1.82, 2.24) is 4.98 Å². The highest BCUT2D eigenvalue weighted by Gasteiger charge is 2.05. The summed E-state index contributed by atoms with van der Waals surface area (Å²) in [5.41, 5.74) is 1.66. The summed E-state index contributed by atoms with van der Waals surface area (Å²) in [6.45, 7) is 2.06. The van der Waals surface area contributed by atoms with Crippen LogP contribution in [0.3, 0.4) is 0 Å². The molecule has 0 atom stereocenters. The van der Waals surface area contributed by atoms with E-state index in [1.807, 2.05) is 18.2 Å². The van der Waals surface area contributed by atoms with E-state index in [0.29, 0.717) is 5.69 Å². The molecule has 0 saturated carbocycles. The molecule has 0 aliphatic rings. The zero-order chi connectivity index (χ0) is 12.3. The molecule has 0 unspecified atom stereocenters. The van der Waals surface area contributed by atoms with E-state index in [1.165, 1.54) is 0 Å². The monoisotopic (exact) mass is 245 g/mol. The molecule has 1 heterocycles. The van der Waals surface area contributed by atoms with Crippen LogP contribution in [-0.4, -0.2) is 10.9 Å². The maximum Gasteiger partial charge on any atom is 0.238 e. The second kappa shape index (κ2) is 4.93. The van der Waals surface area contributed by atoms with Gasteiger partial charge in [-0.2, -0.15) is 5.26 Å². The number of aromatic nitrogens is 1. The standard InChI is InChI=1S/C12H11N3OS/c1-2-12-15-9-4-3-8(7-10(9)17-12)14-11(16)5-6-13/h3-4,7H,2,5H2,1H3,(H,14,16). The Balaban J connectivity index is 2.25. The number of aryl methyl sites for hydroxylation is 1. The van der Waals surface area contributed by atoms with Gasteiger partial charge in [-0.1, -0.05) is 6.92 Å². The van der Waals surface area contributed by atoms with Gasteiger partial charge in [-0.15, -0.1) is 11.3 Å². The van der Waals surface area contributed by atoms with Crippen molar-refractivity contribution in [3.63, 3.8) is 0 Å². The highest BCUT2D eigenvalue weighted by atomic mass is 32.1. The minimum Gasteiger partial charge on any atom is -0.325 e. The summed E-state index contributed by atoms with van der Waals surface area (Å²) in [4.78, 5) is 15.7. The topological polar surface area (TPSA) is 65.8 Å². The third kappa shape index (κ3) is 2.60. The predicted molar refractivity (Wildman–Crippen MR) is 67.9 cm³/mol. The number of fused-ring (bicyclic) bond motifs is 1. The van der Waals surface area contributed by atoms with E-state index in [1.54, 1.807) is 17.4 Å². The Morgan fingerprint density at radius 3 is 3.12 bits per heavy atom. The van der Waals surface area contributed by atoms with Crippen LogP contribution in [0, 0.1) is 11.3 Å². The van der Waals surface area contributed by atoms with Crippen LogP contribution in [0.1, 0.15) is 18.4 Å². The molecule has 86 valence electrons. The van der Waals surface area contributed by atoms with E-state index in [2.05, 4.69) is 17.2 Å². The Morgan fingerprint density at radius 2 is 2.41 bits per heavy atom. The van der Waals surface area contributed by atoms with E-state index in [4.69, 9.17) is 5.26 Å². The number of nitrogens with one attached hydrogen (secondary N) is 1. The lowest BCUT2D eigenvalue weighted by Gasteiger charge is -2.01. The molecule has 1 aromatic heterocycles. The Morgan fingerprint density at radius 1 is 1.59 bits per heavy atom. The SMILES string of the molecule is CCc1nc2ccc(NC(=O)CC#N)cc2s1. The van der Waals surface area contributed by atoms with Crippen molar-refractivity contribution in [2.75, 3.05) is 5.32 Å². The number of anilines is 1. The number of amides is 1. The summed E-state index contributed by atoms with van der Waals surface area (Å²) < 4.78 is 1.05. The molecule has 1 amide bonds. The van der Waals surface area contributed by atoms with Crippen molar-refractivity contribution in [3.8, 4) is 6.07 Å². The summed E-state index contributed by atoms with van der Waals surface area (Å²) >= 11 is 1.62. The molecule has 1 N–H and O–H groups in total. The summed E-state index contributed by atoms with van der Waals surface area (Å²) in [7, 11) is 0. The van der Waals surface area contributed by atoms with Gasteiger partial charge in [-0.3, -0.25) is 4.79 Å². The number of rotatable bonds is 3. The van der Waals surface area contributed by atoms with Crippen molar-refractivity contribution in [2.45, 2.75) is 19.8 Å². The van der Waals surface area contributed by atoms with Crippen LogP contribution < -0.4 is 5.32 Å². The Labute approximate surface area is 103 Å². The van der Waals surface area contributed by atoms with Crippen LogP contribution in [0.4, 0.5) is 5.69 Å². The van der Waals surface area contributed by atoms with Gasteiger partial charge in [0.1, 0.15) is 6.42 Å². The first-order valence-corrected chi connectivity index (χ1v) is 6.11. The predicted octanol–water partition coefficient (Wildman–Crippen LogP) is 2.71. The van der Waals surface area contributed by atoms with Gasteiger partial charge >= 0.3 is 0 Å². The van der Waals surface area contributed by atoms with Crippen molar-refractivity contribution >= 4 is 33.1 Å². The van der Waals surface area contributed by atoms with E-state index in [9.17, 15) is 4.79 Å². The molecule has 0 fully saturated rings. The van der Waals surface area contributed by atoms with Gasteiger partial charge in [-0.05, 0) is 24.6 Å². The number of nitrogens with zero attached hydrogens (tertiary/aromatic N) is 2. The molecule has 2 rings (SSSR count). The smallest absolute Gasteiger partial charge is 0.238 e. The fraction of sp³-hybridized carbons (Fsp3) is 0.250. The van der Waals surface area contributed by atoms with Gasteiger partial charge in [0.05, 0.1) is 21.3 Å². The third-order valence-electron chi connectivity index (χ3n) is 2.26. The average molecular weight is 245 g/mol. The molecule has 0 bridgehead atoms. The van der Waals surface area contributed by atoms with Crippen molar-refractivity contribution in [3.05, 3.63) is 23.2 Å². The Hall–Kier alpha value is -1.93. The van der Waals surface area contributed by atoms with Crippen LogP contribution in [0.5, 0.6) is 0 Å². The number of hydrogen-bond acceptors (Lipinski definition) is 4. The Bertz CT molecular complexity index is 597. The van der Waals surface area contributed by atoms with Gasteiger partial charge in [0.2, 0.25) is 5.91 Å². The molecule has 5 heteroatoms. The second-order valence-electron chi connectivity index (χ2n) is 3.53. The van der Waals surface area contributed by atoms with Crippen molar-refractivity contribution < 1.29 is 4.79 Å². The molecule has 0 spiro atoms. The third-order valence-corrected chi connectivity index (χ3v) is 3.42. The molecule has 0 saturated heterocycles. The second-order valence-corrected chi connectivity index (χ2v) is 4.64. The number of thiazole rings is 1. The normalized spacial score (nSPS) is 10.1. The molecule has 0 aliphatic heterocycles. The lowest BCUT2D eigenvalue weighted by Crippen LogP contribution is -2.09. The molecular formula is C12H11N3OS. The number of carbonyl (C=O) groups excluding carboxylic acids is 1. The minimum absolute atomic E-state index is 0.124. The number of benzene rings is 1. The largest absolute Gasteiger partial charge is 0.325 e. The van der Waals surface area contributed by atoms with E-state index < -0.39 is 0 Å². The minimum atomic E-state index is -0.285. The van der Waals surface area contributed by atoms with Crippen molar-refractivity contribution in [2.24, 2.45) is 0 Å². The number of carbonyl (C=O) groups is 1.